The van der Waals surface area contributed by atoms with Gasteiger partial charge in [0, 0.05) is 46.5 Å². The number of nitrogens with zero attached hydrogens (tertiary/aromatic N) is 3. The molecule has 0 unspecified atom stereocenters. The van der Waals surface area contributed by atoms with Gasteiger partial charge in [0.25, 0.3) is 0 Å². The monoisotopic (exact) mass is 387 g/mol. The van der Waals surface area contributed by atoms with E-state index in [1.165, 1.54) is 5.52 Å². The highest BCUT2D eigenvalue weighted by Crippen LogP contribution is 2.15. The number of benzene rings is 1. The summed E-state index contributed by atoms with van der Waals surface area (Å²) in [5.74, 6) is 1.91. The molecular weight excluding hydrogens is 354 g/mol. The van der Waals surface area contributed by atoms with Gasteiger partial charge < -0.3 is 24.7 Å². The molecular formula is C21H33N5O2. The molecule has 1 fully saturated rings. The lowest BCUT2D eigenvalue weighted by atomic mass is 10.1. The van der Waals surface area contributed by atoms with E-state index in [4.69, 9.17) is 9.47 Å². The lowest BCUT2D eigenvalue weighted by molar-refractivity contribution is -0.0320. The Bertz CT molecular complexity index is 752. The third kappa shape index (κ3) is 5.94. The van der Waals surface area contributed by atoms with Crippen molar-refractivity contribution in [3.63, 3.8) is 0 Å². The molecule has 2 N–H and O–H groups in total. The first-order chi connectivity index (χ1) is 13.8. The molecule has 154 valence electrons. The van der Waals surface area contributed by atoms with Gasteiger partial charge in [-0.05, 0) is 44.7 Å². The molecule has 3 rings (SSSR count). The maximum Gasteiger partial charge on any atom is 0.190 e. The molecule has 2 heterocycles. The third-order valence-electron chi connectivity index (χ3n) is 5.06. The Labute approximate surface area is 167 Å². The van der Waals surface area contributed by atoms with Crippen LogP contribution in [-0.4, -0.2) is 61.6 Å². The van der Waals surface area contributed by atoms with Crippen LogP contribution in [0.3, 0.4) is 0 Å². The van der Waals surface area contributed by atoms with Gasteiger partial charge in [-0.15, -0.1) is 0 Å². The molecule has 1 aliphatic heterocycles. The van der Waals surface area contributed by atoms with Crippen LogP contribution in [0, 0.1) is 6.92 Å². The highest BCUT2D eigenvalue weighted by Gasteiger charge is 2.13. The summed E-state index contributed by atoms with van der Waals surface area (Å²) < 4.78 is 13.5. The minimum absolute atomic E-state index is 0.369. The highest BCUT2D eigenvalue weighted by molar-refractivity contribution is 5.79. The fourth-order valence-corrected chi connectivity index (χ4v) is 3.51. The van der Waals surface area contributed by atoms with Gasteiger partial charge in [-0.1, -0.05) is 12.1 Å². The average molecular weight is 388 g/mol. The summed E-state index contributed by atoms with van der Waals surface area (Å²) in [7, 11) is 1.81. The molecule has 0 aliphatic carbocycles. The predicted molar refractivity (Wildman–Crippen MR) is 113 cm³/mol. The number of ether oxygens (including phenoxy) is 2. The second-order valence-corrected chi connectivity index (χ2v) is 7.11. The second-order valence-electron chi connectivity index (χ2n) is 7.11. The second kappa shape index (κ2) is 11.0. The lowest BCUT2D eigenvalue weighted by Crippen LogP contribution is -2.38. The Kier molecular flexibility index (Phi) is 8.11. The van der Waals surface area contributed by atoms with Crippen LogP contribution in [0.5, 0.6) is 0 Å². The molecule has 28 heavy (non-hydrogen) atoms. The summed E-state index contributed by atoms with van der Waals surface area (Å²) in [6.07, 6.45) is 4.38. The number of rotatable bonds is 9. The summed E-state index contributed by atoms with van der Waals surface area (Å²) in [6.45, 7) is 7.16. The number of nitrogens with one attached hydrogen (secondary N) is 2. The van der Waals surface area contributed by atoms with Crippen LogP contribution in [0.2, 0.25) is 0 Å². The fraction of sp³-hybridized carbons (Fsp3) is 0.619. The van der Waals surface area contributed by atoms with Crippen LogP contribution in [0.4, 0.5) is 0 Å². The predicted octanol–water partition coefficient (Wildman–Crippen LogP) is 2.49. The highest BCUT2D eigenvalue weighted by atomic mass is 16.5. The van der Waals surface area contributed by atoms with Crippen LogP contribution in [0.25, 0.3) is 11.0 Å². The minimum Gasteiger partial charge on any atom is -0.381 e. The molecule has 7 heteroatoms. The number of hydrogen-bond acceptors (Lipinski definition) is 4. The van der Waals surface area contributed by atoms with Gasteiger partial charge in [-0.2, -0.15) is 0 Å². The van der Waals surface area contributed by atoms with Gasteiger partial charge >= 0.3 is 0 Å². The molecule has 0 bridgehead atoms. The third-order valence-corrected chi connectivity index (χ3v) is 5.06. The first-order valence-electron chi connectivity index (χ1n) is 10.3. The first-order valence-corrected chi connectivity index (χ1v) is 10.3. The van der Waals surface area contributed by atoms with Crippen molar-refractivity contribution in [1.82, 2.24) is 20.2 Å². The van der Waals surface area contributed by atoms with Crippen molar-refractivity contribution < 1.29 is 9.47 Å². The topological polar surface area (TPSA) is 72.7 Å². The molecule has 0 radical (unpaired) electrons. The van der Waals surface area contributed by atoms with Crippen LogP contribution < -0.4 is 10.6 Å². The zero-order valence-electron chi connectivity index (χ0n) is 17.1. The van der Waals surface area contributed by atoms with Gasteiger partial charge in [0.15, 0.2) is 5.96 Å². The molecule has 1 aromatic heterocycles. The molecule has 0 atom stereocenters. The van der Waals surface area contributed by atoms with Crippen molar-refractivity contribution in [2.24, 2.45) is 4.99 Å². The standard InChI is InChI=1S/C21H33N5O2/c1-17-25-19-7-3-4-8-20(19)26(17)13-5-11-23-21(22-2)24-12-6-14-28-18-9-15-27-16-10-18/h3-4,7-8,18H,5-6,9-16H2,1-2H3,(H2,22,23,24). The normalized spacial score (nSPS) is 15.9. The molecule has 1 saturated heterocycles. The van der Waals surface area contributed by atoms with Crippen LogP contribution in [0.15, 0.2) is 29.3 Å². The van der Waals surface area contributed by atoms with Crippen molar-refractivity contribution >= 4 is 17.0 Å². The molecule has 1 aliphatic rings. The van der Waals surface area contributed by atoms with Gasteiger partial charge in [0.05, 0.1) is 17.1 Å². The number of imidazole rings is 1. The number of guanidine groups is 1. The van der Waals surface area contributed by atoms with E-state index >= 15 is 0 Å². The largest absolute Gasteiger partial charge is 0.381 e. The SMILES string of the molecule is CN=C(NCCCOC1CCOCC1)NCCCn1c(C)nc2ccccc21. The maximum absolute atomic E-state index is 5.90. The van der Waals surface area contributed by atoms with E-state index < -0.39 is 0 Å². The number of aliphatic imine (C=N–C) groups is 1. The van der Waals surface area contributed by atoms with E-state index in [0.717, 1.165) is 82.4 Å². The van der Waals surface area contributed by atoms with Crippen LogP contribution in [0.1, 0.15) is 31.5 Å². The van der Waals surface area contributed by atoms with Gasteiger partial charge in [-0.25, -0.2) is 4.98 Å². The van der Waals surface area contributed by atoms with E-state index in [9.17, 15) is 0 Å². The van der Waals surface area contributed by atoms with Crippen LogP contribution in [-0.2, 0) is 16.0 Å². The smallest absolute Gasteiger partial charge is 0.190 e. The van der Waals surface area contributed by atoms with Crippen molar-refractivity contribution in [1.29, 1.82) is 0 Å². The van der Waals surface area contributed by atoms with E-state index in [1.54, 1.807) is 7.05 Å². The Hall–Kier alpha value is -2.12. The van der Waals surface area contributed by atoms with Gasteiger partial charge in [0.2, 0.25) is 0 Å². The average Bonchev–Trinajstić information content (AvgIpc) is 3.05. The van der Waals surface area contributed by atoms with Gasteiger partial charge in [0.1, 0.15) is 5.82 Å². The Morgan fingerprint density at radius 3 is 2.75 bits per heavy atom. The van der Waals surface area contributed by atoms with Crippen molar-refractivity contribution in [3.8, 4) is 0 Å². The molecule has 2 aromatic rings. The quantitative estimate of drug-likeness (QED) is 0.393. The van der Waals surface area contributed by atoms with E-state index in [1.807, 2.05) is 6.07 Å². The summed E-state index contributed by atoms with van der Waals surface area (Å²) in [6, 6.07) is 8.29. The minimum atomic E-state index is 0.369. The Morgan fingerprint density at radius 1 is 1.21 bits per heavy atom. The van der Waals surface area contributed by atoms with Gasteiger partial charge in [-0.3, -0.25) is 4.99 Å². The molecule has 1 aromatic carbocycles. The number of fused-ring (bicyclic) bond motifs is 1. The first kappa shape index (κ1) is 20.6. The number of aromatic nitrogens is 2. The summed E-state index contributed by atoms with van der Waals surface area (Å²) in [4.78, 5) is 8.92. The number of hydrogen-bond donors (Lipinski definition) is 2. The molecule has 7 nitrogen and oxygen atoms in total. The van der Waals surface area contributed by atoms with Crippen molar-refractivity contribution in [3.05, 3.63) is 30.1 Å². The summed E-state index contributed by atoms with van der Waals surface area (Å²) in [5.41, 5.74) is 2.26. The zero-order chi connectivity index (χ0) is 19.6. The van der Waals surface area contributed by atoms with E-state index in [0.29, 0.717) is 6.10 Å². The van der Waals surface area contributed by atoms with Crippen LogP contribution >= 0.6 is 0 Å². The number of para-hydroxylation sites is 2. The number of aryl methyl sites for hydroxylation is 2. The maximum atomic E-state index is 5.90. The molecule has 0 amide bonds. The fourth-order valence-electron chi connectivity index (χ4n) is 3.51. The van der Waals surface area contributed by atoms with Crippen molar-refractivity contribution in [2.45, 2.75) is 45.3 Å². The molecule has 0 saturated carbocycles. The molecule has 0 spiro atoms. The van der Waals surface area contributed by atoms with Crippen molar-refractivity contribution in [2.75, 3.05) is 40.0 Å². The van der Waals surface area contributed by atoms with E-state index in [2.05, 4.69) is 50.3 Å². The Morgan fingerprint density at radius 2 is 1.96 bits per heavy atom. The summed E-state index contributed by atoms with van der Waals surface area (Å²) in [5, 5.41) is 6.74. The lowest BCUT2D eigenvalue weighted by Gasteiger charge is -2.22. The zero-order valence-corrected chi connectivity index (χ0v) is 17.1. The summed E-state index contributed by atoms with van der Waals surface area (Å²) >= 11 is 0. The van der Waals surface area contributed by atoms with E-state index in [-0.39, 0.29) is 0 Å². The Balaban J connectivity index is 1.30.